The SMILES string of the molecule is O=C1CCC(n2c3cc(CCCOCCOCCOc4ccc(-c5ccc6ncnc(Nc7ccc(OCc8cccc(F)c8)c(Cl)c7)c6c5)cc4)ccc3c3cccnc32)C(=O)N1. The molecular formula is C50H44ClFN6O6. The van der Waals surface area contributed by atoms with Crippen LogP contribution in [-0.2, 0) is 32.1 Å². The van der Waals surface area contributed by atoms with E-state index in [2.05, 4.69) is 43.8 Å². The highest BCUT2D eigenvalue weighted by Gasteiger charge is 2.31. The highest BCUT2D eigenvalue weighted by Crippen LogP contribution is 2.35. The number of carbonyl (C=O) groups excluding carboxylic acids is 2. The van der Waals surface area contributed by atoms with Crippen LogP contribution in [0.1, 0.15) is 36.4 Å². The lowest BCUT2D eigenvalue weighted by molar-refractivity contribution is -0.135. The quantitative estimate of drug-likeness (QED) is 0.0633. The Morgan fingerprint density at radius 1 is 0.750 bits per heavy atom. The van der Waals surface area contributed by atoms with Gasteiger partial charge in [-0.3, -0.25) is 14.9 Å². The number of aryl methyl sites for hydroxylation is 1. The number of nitrogens with zero attached hydrogens (tertiary/aromatic N) is 4. The number of halogens is 2. The van der Waals surface area contributed by atoms with Crippen LogP contribution < -0.4 is 20.1 Å². The molecule has 2 amide bonds. The molecule has 324 valence electrons. The van der Waals surface area contributed by atoms with Crippen molar-refractivity contribution in [3.8, 4) is 22.6 Å². The fourth-order valence-corrected chi connectivity index (χ4v) is 8.17. The Labute approximate surface area is 373 Å². The molecule has 1 atom stereocenters. The standard InChI is InChI=1S/C50H44ClFN6O6/c51-42-29-37(12-18-46(42)64-30-33-4-1-6-36(52)26-33)56-48-41-28-35(11-16-43(41)54-31-55-48)34-9-13-38(14-10-34)63-25-24-62-23-22-61-21-3-5-32-8-15-39-40-7-2-20-53-49(40)58(45(39)27-32)44-17-19-47(59)57-50(44)60/h1-2,4,6-16,18,20,26-29,31,44H,3,5,17,19,21-25,30H2,(H,54,55,56)(H,57,59,60). The third-order valence-electron chi connectivity index (χ3n) is 11.1. The number of nitrogens with one attached hydrogen (secondary N) is 2. The van der Waals surface area contributed by atoms with Gasteiger partial charge < -0.3 is 28.8 Å². The van der Waals surface area contributed by atoms with Gasteiger partial charge in [0.25, 0.3) is 0 Å². The number of aromatic nitrogens is 4. The summed E-state index contributed by atoms with van der Waals surface area (Å²) >= 11 is 6.56. The Hall–Kier alpha value is -6.93. The van der Waals surface area contributed by atoms with E-state index in [4.69, 9.17) is 30.5 Å². The number of piperidine rings is 1. The molecule has 14 heteroatoms. The molecule has 2 N–H and O–H groups in total. The fourth-order valence-electron chi connectivity index (χ4n) is 7.94. The predicted molar refractivity (Wildman–Crippen MR) is 245 cm³/mol. The number of imide groups is 1. The Morgan fingerprint density at radius 3 is 2.44 bits per heavy atom. The lowest BCUT2D eigenvalue weighted by Gasteiger charge is -2.23. The van der Waals surface area contributed by atoms with Crippen LogP contribution in [0.3, 0.4) is 0 Å². The zero-order valence-electron chi connectivity index (χ0n) is 34.8. The first-order valence-electron chi connectivity index (χ1n) is 21.1. The average Bonchev–Trinajstić information content (AvgIpc) is 3.63. The molecular weight excluding hydrogens is 835 g/mol. The molecule has 0 saturated carbocycles. The number of anilines is 2. The molecule has 12 nitrogen and oxygen atoms in total. The molecule has 0 aliphatic carbocycles. The van der Waals surface area contributed by atoms with Gasteiger partial charge >= 0.3 is 0 Å². The average molecular weight is 879 g/mol. The van der Waals surface area contributed by atoms with Gasteiger partial charge in [0.05, 0.1) is 35.9 Å². The first kappa shape index (κ1) is 42.4. The van der Waals surface area contributed by atoms with Gasteiger partial charge in [0.2, 0.25) is 11.8 Å². The minimum atomic E-state index is -0.489. The first-order chi connectivity index (χ1) is 31.4. The summed E-state index contributed by atoms with van der Waals surface area (Å²) in [4.78, 5) is 38.3. The summed E-state index contributed by atoms with van der Waals surface area (Å²) in [7, 11) is 0. The summed E-state index contributed by atoms with van der Waals surface area (Å²) in [6, 6.07) is 35.3. The predicted octanol–water partition coefficient (Wildman–Crippen LogP) is 9.94. The van der Waals surface area contributed by atoms with Crippen molar-refractivity contribution in [3.05, 3.63) is 150 Å². The maximum atomic E-state index is 13.6. The van der Waals surface area contributed by atoms with E-state index in [9.17, 15) is 14.0 Å². The van der Waals surface area contributed by atoms with Gasteiger partial charge in [-0.25, -0.2) is 19.3 Å². The molecule has 1 saturated heterocycles. The van der Waals surface area contributed by atoms with Crippen molar-refractivity contribution in [2.24, 2.45) is 0 Å². The van der Waals surface area contributed by atoms with Gasteiger partial charge in [-0.05, 0) is 114 Å². The van der Waals surface area contributed by atoms with Crippen LogP contribution in [0.4, 0.5) is 15.9 Å². The van der Waals surface area contributed by atoms with E-state index in [1.54, 1.807) is 30.5 Å². The molecule has 0 bridgehead atoms. The summed E-state index contributed by atoms with van der Waals surface area (Å²) < 4.78 is 38.9. The number of amides is 2. The van der Waals surface area contributed by atoms with Gasteiger partial charge in [0.1, 0.15) is 54.4 Å². The number of fused-ring (bicyclic) bond motifs is 4. The first-order valence-corrected chi connectivity index (χ1v) is 21.5. The largest absolute Gasteiger partial charge is 0.491 e. The molecule has 1 unspecified atom stereocenters. The summed E-state index contributed by atoms with van der Waals surface area (Å²) in [5, 5.41) is 9.12. The molecule has 0 spiro atoms. The van der Waals surface area contributed by atoms with Gasteiger partial charge in [-0.15, -0.1) is 0 Å². The summed E-state index contributed by atoms with van der Waals surface area (Å²) in [6.07, 6.45) is 5.63. The second-order valence-corrected chi connectivity index (χ2v) is 15.8. The van der Waals surface area contributed by atoms with Crippen LogP contribution in [0.2, 0.25) is 5.02 Å². The minimum Gasteiger partial charge on any atom is -0.491 e. The van der Waals surface area contributed by atoms with Crippen molar-refractivity contribution in [2.75, 3.05) is 38.4 Å². The molecule has 5 aromatic carbocycles. The lowest BCUT2D eigenvalue weighted by atomic mass is 10.0. The van der Waals surface area contributed by atoms with E-state index >= 15 is 0 Å². The van der Waals surface area contributed by atoms with E-state index in [1.165, 1.54) is 18.5 Å². The number of carbonyl (C=O) groups is 2. The van der Waals surface area contributed by atoms with Crippen LogP contribution in [0.15, 0.2) is 128 Å². The molecule has 1 aliphatic heterocycles. The Bertz CT molecular complexity index is 2960. The number of pyridine rings is 1. The maximum absolute atomic E-state index is 13.6. The van der Waals surface area contributed by atoms with E-state index in [0.29, 0.717) is 68.0 Å². The van der Waals surface area contributed by atoms with Crippen LogP contribution in [0.5, 0.6) is 11.5 Å². The number of hydrogen-bond acceptors (Lipinski definition) is 10. The van der Waals surface area contributed by atoms with Gasteiger partial charge in [-0.1, -0.05) is 54.1 Å². The van der Waals surface area contributed by atoms with E-state index in [0.717, 1.165) is 73.8 Å². The Kier molecular flexibility index (Phi) is 13.0. The van der Waals surface area contributed by atoms with Crippen LogP contribution >= 0.6 is 11.6 Å². The topological polar surface area (TPSA) is 139 Å². The third-order valence-corrected chi connectivity index (χ3v) is 11.4. The number of ether oxygens (including phenoxy) is 4. The summed E-state index contributed by atoms with van der Waals surface area (Å²) in [5.74, 6) is 1.01. The van der Waals surface area contributed by atoms with Crippen LogP contribution in [-0.4, -0.2) is 64.4 Å². The number of rotatable bonds is 18. The molecule has 3 aromatic heterocycles. The van der Waals surface area contributed by atoms with Crippen molar-refractivity contribution in [2.45, 2.75) is 38.3 Å². The molecule has 0 radical (unpaired) electrons. The molecule has 64 heavy (non-hydrogen) atoms. The number of hydrogen-bond donors (Lipinski definition) is 2. The highest BCUT2D eigenvalue weighted by atomic mass is 35.5. The van der Waals surface area contributed by atoms with Gasteiger partial charge in [0, 0.05) is 41.1 Å². The van der Waals surface area contributed by atoms with Gasteiger partial charge in [0.15, 0.2) is 0 Å². The second-order valence-electron chi connectivity index (χ2n) is 15.4. The molecule has 4 heterocycles. The van der Waals surface area contributed by atoms with E-state index in [1.807, 2.05) is 65.2 Å². The third kappa shape index (κ3) is 9.82. The van der Waals surface area contributed by atoms with Crippen molar-refractivity contribution >= 4 is 67.8 Å². The summed E-state index contributed by atoms with van der Waals surface area (Å²) in [5.41, 5.74) is 7.04. The van der Waals surface area contributed by atoms with E-state index in [-0.39, 0.29) is 24.2 Å². The normalized spacial score (nSPS) is 14.0. The summed E-state index contributed by atoms with van der Waals surface area (Å²) in [6.45, 7) is 2.55. The zero-order valence-corrected chi connectivity index (χ0v) is 35.5. The zero-order chi connectivity index (χ0) is 43.8. The maximum Gasteiger partial charge on any atom is 0.249 e. The van der Waals surface area contributed by atoms with Crippen molar-refractivity contribution in [1.29, 1.82) is 0 Å². The van der Waals surface area contributed by atoms with Crippen LogP contribution in [0, 0.1) is 5.82 Å². The smallest absolute Gasteiger partial charge is 0.249 e. The minimum absolute atomic E-state index is 0.191. The monoisotopic (exact) mass is 878 g/mol. The van der Waals surface area contributed by atoms with Crippen molar-refractivity contribution < 1.29 is 32.9 Å². The molecule has 1 fully saturated rings. The molecule has 9 rings (SSSR count). The second kappa shape index (κ2) is 19.6. The Balaban J connectivity index is 0.710. The number of benzene rings is 5. The highest BCUT2D eigenvalue weighted by molar-refractivity contribution is 6.32. The molecule has 1 aliphatic rings. The van der Waals surface area contributed by atoms with Crippen molar-refractivity contribution in [3.63, 3.8) is 0 Å². The van der Waals surface area contributed by atoms with Crippen molar-refractivity contribution in [1.82, 2.24) is 24.8 Å². The Morgan fingerprint density at radius 2 is 1.59 bits per heavy atom. The fraction of sp³-hybridized carbons (Fsp3) is 0.220. The molecule has 8 aromatic rings. The lowest BCUT2D eigenvalue weighted by Crippen LogP contribution is -2.41. The van der Waals surface area contributed by atoms with Crippen LogP contribution in [0.25, 0.3) is 44.0 Å². The van der Waals surface area contributed by atoms with Gasteiger partial charge in [-0.2, -0.15) is 0 Å². The van der Waals surface area contributed by atoms with E-state index < -0.39 is 6.04 Å².